The smallest absolute Gasteiger partial charge is 0.216 e. The van der Waals surface area contributed by atoms with Gasteiger partial charge in [-0.05, 0) is 39.3 Å². The van der Waals surface area contributed by atoms with Gasteiger partial charge in [0, 0.05) is 5.92 Å². The van der Waals surface area contributed by atoms with E-state index in [4.69, 9.17) is 0 Å². The predicted octanol–water partition coefficient (Wildman–Crippen LogP) is 2.85. The summed E-state index contributed by atoms with van der Waals surface area (Å²) in [7, 11) is 0. The number of benzene rings is 1. The van der Waals surface area contributed by atoms with Gasteiger partial charge in [0.2, 0.25) is 5.16 Å². The molecule has 1 aromatic carbocycles. The molecule has 0 aliphatic carbocycles. The highest BCUT2D eigenvalue weighted by molar-refractivity contribution is 8.00. The summed E-state index contributed by atoms with van der Waals surface area (Å²) in [6.45, 7) is 4.80. The van der Waals surface area contributed by atoms with E-state index in [1.54, 1.807) is 4.68 Å². The van der Waals surface area contributed by atoms with Gasteiger partial charge in [-0.1, -0.05) is 44.2 Å². The first kappa shape index (κ1) is 14.2. The van der Waals surface area contributed by atoms with Gasteiger partial charge in [-0.15, -0.1) is 5.10 Å². The highest BCUT2D eigenvalue weighted by Crippen LogP contribution is 2.28. The number of hydrogen-bond donors (Lipinski definition) is 0. The molecule has 0 fully saturated rings. The molecule has 0 radical (unpaired) electrons. The van der Waals surface area contributed by atoms with Crippen molar-refractivity contribution in [2.45, 2.75) is 35.8 Å². The van der Waals surface area contributed by atoms with Crippen molar-refractivity contribution in [2.24, 2.45) is 0 Å². The molecule has 21 heavy (non-hydrogen) atoms. The minimum Gasteiger partial charge on any atom is -0.216 e. The van der Waals surface area contributed by atoms with Crippen LogP contribution in [0.25, 0.3) is 0 Å². The van der Waals surface area contributed by atoms with E-state index in [-0.39, 0.29) is 0 Å². The van der Waals surface area contributed by atoms with Crippen molar-refractivity contribution >= 4 is 23.3 Å². The Bertz CT molecular complexity index is 706. The SMILES string of the molecule is CC(C)c1nsc(Sc2nnnn2Cc2ccccc2)n1. The molecular weight excluding hydrogens is 304 g/mol. The van der Waals surface area contributed by atoms with Crippen LogP contribution in [0.4, 0.5) is 0 Å². The van der Waals surface area contributed by atoms with Crippen LogP contribution >= 0.6 is 23.3 Å². The Morgan fingerprint density at radius 3 is 2.76 bits per heavy atom. The van der Waals surface area contributed by atoms with Crippen molar-refractivity contribution in [3.63, 3.8) is 0 Å². The maximum atomic E-state index is 4.49. The molecule has 0 saturated carbocycles. The molecule has 3 aromatic rings. The van der Waals surface area contributed by atoms with Crippen LogP contribution in [0.5, 0.6) is 0 Å². The van der Waals surface area contributed by atoms with Gasteiger partial charge in [0.15, 0.2) is 4.34 Å². The molecule has 0 spiro atoms. The molecule has 6 nitrogen and oxygen atoms in total. The minimum absolute atomic E-state index is 0.330. The molecule has 8 heteroatoms. The molecule has 0 N–H and O–H groups in total. The average Bonchev–Trinajstić information content (AvgIpc) is 3.11. The molecule has 0 bridgehead atoms. The zero-order valence-corrected chi connectivity index (χ0v) is 13.3. The number of hydrogen-bond acceptors (Lipinski definition) is 7. The van der Waals surface area contributed by atoms with Gasteiger partial charge in [0.1, 0.15) is 5.82 Å². The fourth-order valence-corrected chi connectivity index (χ4v) is 3.32. The summed E-state index contributed by atoms with van der Waals surface area (Å²) in [5.74, 6) is 1.19. The summed E-state index contributed by atoms with van der Waals surface area (Å²) >= 11 is 2.83. The number of tetrazole rings is 1. The molecular formula is C13H14N6S2. The van der Waals surface area contributed by atoms with Crippen LogP contribution in [0.2, 0.25) is 0 Å². The maximum absolute atomic E-state index is 4.49. The second-order valence-corrected chi connectivity index (χ2v) is 6.75. The fraction of sp³-hybridized carbons (Fsp3) is 0.308. The van der Waals surface area contributed by atoms with Gasteiger partial charge < -0.3 is 0 Å². The Hall–Kier alpha value is -1.80. The van der Waals surface area contributed by atoms with E-state index >= 15 is 0 Å². The topological polar surface area (TPSA) is 69.4 Å². The van der Waals surface area contributed by atoms with Crippen LogP contribution in [0.1, 0.15) is 31.2 Å². The first-order chi connectivity index (χ1) is 10.2. The monoisotopic (exact) mass is 318 g/mol. The molecule has 2 heterocycles. The quantitative estimate of drug-likeness (QED) is 0.720. The van der Waals surface area contributed by atoms with Crippen molar-refractivity contribution in [3.8, 4) is 0 Å². The minimum atomic E-state index is 0.330. The van der Waals surface area contributed by atoms with Gasteiger partial charge in [0.25, 0.3) is 0 Å². The van der Waals surface area contributed by atoms with E-state index in [9.17, 15) is 0 Å². The summed E-state index contributed by atoms with van der Waals surface area (Å²) in [5.41, 5.74) is 1.16. The Balaban J connectivity index is 1.76. The third-order valence-corrected chi connectivity index (χ3v) is 4.53. The van der Waals surface area contributed by atoms with Gasteiger partial charge in [-0.25, -0.2) is 9.67 Å². The Morgan fingerprint density at radius 1 is 1.24 bits per heavy atom. The van der Waals surface area contributed by atoms with Crippen molar-refractivity contribution in [1.82, 2.24) is 29.6 Å². The number of rotatable bonds is 5. The van der Waals surface area contributed by atoms with E-state index in [2.05, 4.69) is 50.9 Å². The van der Waals surface area contributed by atoms with E-state index in [1.165, 1.54) is 23.3 Å². The lowest BCUT2D eigenvalue weighted by molar-refractivity contribution is 0.603. The molecule has 0 aliphatic rings. The highest BCUT2D eigenvalue weighted by Gasteiger charge is 2.13. The van der Waals surface area contributed by atoms with Gasteiger partial charge in [-0.3, -0.25) is 0 Å². The summed E-state index contributed by atoms with van der Waals surface area (Å²) in [5, 5.41) is 12.6. The van der Waals surface area contributed by atoms with Crippen molar-refractivity contribution < 1.29 is 0 Å². The lowest BCUT2D eigenvalue weighted by Crippen LogP contribution is -2.03. The third kappa shape index (κ3) is 3.45. The average molecular weight is 318 g/mol. The van der Waals surface area contributed by atoms with E-state index in [1.807, 2.05) is 18.2 Å². The Kier molecular flexibility index (Phi) is 4.26. The van der Waals surface area contributed by atoms with E-state index in [0.717, 1.165) is 20.9 Å². The first-order valence-corrected chi connectivity index (χ1v) is 8.13. The molecule has 0 atom stereocenters. The molecule has 3 rings (SSSR count). The predicted molar refractivity (Wildman–Crippen MR) is 81.5 cm³/mol. The lowest BCUT2D eigenvalue weighted by Gasteiger charge is -2.02. The Labute approximate surface area is 130 Å². The molecule has 0 saturated heterocycles. The van der Waals surface area contributed by atoms with Crippen LogP contribution < -0.4 is 0 Å². The summed E-state index contributed by atoms with van der Waals surface area (Å²) in [4.78, 5) is 4.49. The second kappa shape index (κ2) is 6.31. The van der Waals surface area contributed by atoms with E-state index in [0.29, 0.717) is 12.5 Å². The van der Waals surface area contributed by atoms with Crippen LogP contribution in [-0.2, 0) is 6.54 Å². The largest absolute Gasteiger partial charge is 0.216 e. The third-order valence-electron chi connectivity index (χ3n) is 2.79. The van der Waals surface area contributed by atoms with Gasteiger partial charge in [-0.2, -0.15) is 4.37 Å². The molecule has 2 aromatic heterocycles. The van der Waals surface area contributed by atoms with Crippen molar-refractivity contribution in [3.05, 3.63) is 41.7 Å². The second-order valence-electron chi connectivity index (χ2n) is 4.78. The van der Waals surface area contributed by atoms with Crippen LogP contribution in [-0.4, -0.2) is 29.6 Å². The van der Waals surface area contributed by atoms with Gasteiger partial charge in [0.05, 0.1) is 6.54 Å². The summed E-state index contributed by atoms with van der Waals surface area (Å²) in [6.07, 6.45) is 0. The molecule has 0 unspecified atom stereocenters. The van der Waals surface area contributed by atoms with Crippen LogP contribution in [0, 0.1) is 0 Å². The highest BCUT2D eigenvalue weighted by atomic mass is 32.2. The fourth-order valence-electron chi connectivity index (χ4n) is 1.70. The lowest BCUT2D eigenvalue weighted by atomic mass is 10.2. The number of nitrogens with zero attached hydrogens (tertiary/aromatic N) is 6. The molecule has 0 amide bonds. The Morgan fingerprint density at radius 2 is 2.05 bits per heavy atom. The standard InChI is InChI=1S/C13H14N6S2/c1-9(2)11-14-13(21-16-11)20-12-15-17-18-19(12)8-10-6-4-3-5-7-10/h3-7,9H,8H2,1-2H3. The van der Waals surface area contributed by atoms with Gasteiger partial charge >= 0.3 is 0 Å². The normalized spacial score (nSPS) is 11.2. The number of aromatic nitrogens is 6. The molecule has 108 valence electrons. The molecule has 0 aliphatic heterocycles. The van der Waals surface area contributed by atoms with Crippen molar-refractivity contribution in [2.75, 3.05) is 0 Å². The zero-order valence-electron chi connectivity index (χ0n) is 11.7. The maximum Gasteiger partial charge on any atom is 0.216 e. The summed E-state index contributed by atoms with van der Waals surface area (Å²) in [6, 6.07) is 10.1. The first-order valence-electron chi connectivity index (χ1n) is 6.54. The van der Waals surface area contributed by atoms with Crippen LogP contribution in [0.15, 0.2) is 39.8 Å². The summed E-state index contributed by atoms with van der Waals surface area (Å²) < 4.78 is 6.98. The zero-order chi connectivity index (χ0) is 14.7. The van der Waals surface area contributed by atoms with Crippen molar-refractivity contribution in [1.29, 1.82) is 0 Å². The van der Waals surface area contributed by atoms with Crippen LogP contribution in [0.3, 0.4) is 0 Å². The van der Waals surface area contributed by atoms with E-state index < -0.39 is 0 Å².